The molecule has 1 aromatic carbocycles. The van der Waals surface area contributed by atoms with Gasteiger partial charge < -0.3 is 0 Å². The van der Waals surface area contributed by atoms with E-state index in [2.05, 4.69) is 9.69 Å². The fourth-order valence-electron chi connectivity index (χ4n) is 2.76. The molecule has 0 atom stereocenters. The number of nitrogens with zero attached hydrogens (tertiary/aromatic N) is 4. The molecule has 2 aromatic heterocycles. The molecule has 0 spiro atoms. The molecule has 0 radical (unpaired) electrons. The smallest absolute Gasteiger partial charge is 0.226 e. The Hall–Kier alpha value is -3.16. The molecule has 6 heteroatoms. The van der Waals surface area contributed by atoms with Crippen LogP contribution in [0.4, 0.5) is 0 Å². The Kier molecular flexibility index (Phi) is 3.80. The molecule has 3 rings (SSSR count). The fraction of sp³-hybridized carbons (Fsp3) is 0.111. The third-order valence-electron chi connectivity index (χ3n) is 3.61. The van der Waals surface area contributed by atoms with E-state index >= 15 is 0 Å². The van der Waals surface area contributed by atoms with E-state index in [1.165, 1.54) is 22.7 Å². The van der Waals surface area contributed by atoms with Gasteiger partial charge in [0.25, 0.3) is 11.4 Å². The van der Waals surface area contributed by atoms with Gasteiger partial charge >= 0.3 is 0 Å². The molecule has 0 saturated carbocycles. The molecule has 0 saturated heterocycles. The highest BCUT2D eigenvalue weighted by molar-refractivity contribution is 7.20. The van der Waals surface area contributed by atoms with Crippen molar-refractivity contribution in [2.24, 2.45) is 0 Å². The van der Waals surface area contributed by atoms with Gasteiger partial charge in [-0.2, -0.15) is 0 Å². The second kappa shape index (κ2) is 5.80. The zero-order chi connectivity index (χ0) is 17.4. The number of hydrogen-bond acceptors (Lipinski definition) is 4. The lowest BCUT2D eigenvalue weighted by Crippen LogP contribution is -2.14. The highest BCUT2D eigenvalue weighted by Gasteiger charge is 2.16. The van der Waals surface area contributed by atoms with Crippen molar-refractivity contribution in [3.63, 3.8) is 0 Å². The maximum absolute atomic E-state index is 9.38. The van der Waals surface area contributed by atoms with E-state index in [0.717, 1.165) is 29.9 Å². The maximum Gasteiger partial charge on any atom is 0.271 e. The summed E-state index contributed by atoms with van der Waals surface area (Å²) in [7, 11) is 0. The minimum absolute atomic E-state index is 0.0394. The molecule has 24 heavy (non-hydrogen) atoms. The molecular formula is C18H8N4S2. The first-order valence-corrected chi connectivity index (χ1v) is 8.45. The summed E-state index contributed by atoms with van der Waals surface area (Å²) in [4.78, 5) is 8.80. The predicted octanol–water partition coefficient (Wildman–Crippen LogP) is 3.83. The van der Waals surface area contributed by atoms with E-state index in [-0.39, 0.29) is 11.4 Å². The number of aryl methyl sites for hydroxylation is 2. The molecule has 0 N–H and O–H groups in total. The van der Waals surface area contributed by atoms with Crippen LogP contribution in [-0.4, -0.2) is 0 Å². The van der Waals surface area contributed by atoms with Gasteiger partial charge in [0.05, 0.1) is 25.3 Å². The van der Waals surface area contributed by atoms with Crippen LogP contribution in [0.1, 0.15) is 9.75 Å². The first-order valence-electron chi connectivity index (χ1n) is 6.81. The maximum atomic E-state index is 9.38. The lowest BCUT2D eigenvalue weighted by atomic mass is 10.1. The zero-order valence-corrected chi connectivity index (χ0v) is 14.4. The van der Waals surface area contributed by atoms with Gasteiger partial charge in [-0.15, -0.1) is 22.7 Å². The Morgan fingerprint density at radius 1 is 0.875 bits per heavy atom. The van der Waals surface area contributed by atoms with Gasteiger partial charge in [-0.05, 0) is 36.8 Å². The summed E-state index contributed by atoms with van der Waals surface area (Å²) in [6, 6.07) is 7.83. The van der Waals surface area contributed by atoms with E-state index in [0.29, 0.717) is 10.4 Å². The Labute approximate surface area is 146 Å². The SMILES string of the molecule is [C-]#[N+]/C(C#N)=c1/c2cc(C)sc2/c(=C(\C#N)[N+]#[C-])c2cc(C)sc12. The normalized spacial score (nSPS) is 12.9. The molecule has 0 amide bonds. The third-order valence-corrected chi connectivity index (χ3v) is 5.75. The fourth-order valence-corrected chi connectivity index (χ4v) is 4.92. The van der Waals surface area contributed by atoms with Crippen molar-refractivity contribution in [3.05, 3.63) is 55.2 Å². The number of rotatable bonds is 0. The number of hydrogen-bond donors (Lipinski definition) is 0. The second-order valence-corrected chi connectivity index (χ2v) is 7.61. The molecule has 3 aromatic rings. The third kappa shape index (κ3) is 2.15. The van der Waals surface area contributed by atoms with Crippen LogP contribution in [0.3, 0.4) is 0 Å². The number of benzene rings is 1. The van der Waals surface area contributed by atoms with Crippen molar-refractivity contribution in [2.75, 3.05) is 0 Å². The summed E-state index contributed by atoms with van der Waals surface area (Å²) in [5.41, 5.74) is 0.0787. The minimum Gasteiger partial charge on any atom is -0.226 e. The standard InChI is InChI=1S/C18H8N4S2/c1-9-5-11-15(13(7-19)21-3)18-12(6-10(2)24-18)16(17(11)23-9)14(8-20)22-4/h5-6H,1-2H3/b15-13-,16-14+. The Balaban J connectivity index is 2.93. The molecule has 0 aliphatic carbocycles. The van der Waals surface area contributed by atoms with Crippen molar-refractivity contribution in [2.45, 2.75) is 13.8 Å². The lowest BCUT2D eigenvalue weighted by Gasteiger charge is -2.00. The van der Waals surface area contributed by atoms with Crippen LogP contribution in [0.25, 0.3) is 41.3 Å². The van der Waals surface area contributed by atoms with Crippen LogP contribution in [0.15, 0.2) is 12.1 Å². The Morgan fingerprint density at radius 3 is 1.54 bits per heavy atom. The summed E-state index contributed by atoms with van der Waals surface area (Å²) >= 11 is 2.96. The van der Waals surface area contributed by atoms with Gasteiger partial charge in [0, 0.05) is 29.6 Å². The van der Waals surface area contributed by atoms with Crippen molar-refractivity contribution in [1.82, 2.24) is 0 Å². The first kappa shape index (κ1) is 15.7. The summed E-state index contributed by atoms with van der Waals surface area (Å²) in [5.74, 6) is 0. The van der Waals surface area contributed by atoms with Crippen molar-refractivity contribution in [3.8, 4) is 12.1 Å². The Bertz CT molecular complexity index is 1110. The Morgan fingerprint density at radius 2 is 1.25 bits per heavy atom. The van der Waals surface area contributed by atoms with Crippen LogP contribution in [0.5, 0.6) is 0 Å². The minimum atomic E-state index is 0.0394. The summed E-state index contributed by atoms with van der Waals surface area (Å²) < 4.78 is 1.58. The van der Waals surface area contributed by atoms with E-state index < -0.39 is 0 Å². The van der Waals surface area contributed by atoms with Crippen LogP contribution in [0, 0.1) is 49.7 Å². The van der Waals surface area contributed by atoms with Gasteiger partial charge in [0.2, 0.25) is 0 Å². The monoisotopic (exact) mass is 344 g/mol. The first-order chi connectivity index (χ1) is 11.5. The number of thiophene rings is 2. The quantitative estimate of drug-likeness (QED) is 0.582. The van der Waals surface area contributed by atoms with E-state index in [1.54, 1.807) is 0 Å². The van der Waals surface area contributed by atoms with E-state index in [9.17, 15) is 10.5 Å². The molecule has 0 unspecified atom stereocenters. The average molecular weight is 344 g/mol. The van der Waals surface area contributed by atoms with Gasteiger partial charge in [-0.1, -0.05) is 0 Å². The van der Waals surface area contributed by atoms with Crippen LogP contribution in [0.2, 0.25) is 0 Å². The molecular weight excluding hydrogens is 336 g/mol. The van der Waals surface area contributed by atoms with Crippen molar-refractivity contribution >= 4 is 54.2 Å². The van der Waals surface area contributed by atoms with E-state index in [1.807, 2.05) is 38.1 Å². The highest BCUT2D eigenvalue weighted by atomic mass is 32.1. The van der Waals surface area contributed by atoms with Crippen LogP contribution in [-0.2, 0) is 0 Å². The van der Waals surface area contributed by atoms with Gasteiger partial charge in [-0.3, -0.25) is 0 Å². The van der Waals surface area contributed by atoms with Crippen molar-refractivity contribution < 1.29 is 0 Å². The molecule has 112 valence electrons. The molecule has 4 nitrogen and oxygen atoms in total. The summed E-state index contributed by atoms with van der Waals surface area (Å²) in [6.45, 7) is 18.6. The number of nitriles is 2. The van der Waals surface area contributed by atoms with Crippen molar-refractivity contribution in [1.29, 1.82) is 10.5 Å². The average Bonchev–Trinajstić information content (AvgIpc) is 3.12. The summed E-state index contributed by atoms with van der Waals surface area (Å²) in [6.07, 6.45) is 0. The largest absolute Gasteiger partial charge is 0.271 e. The van der Waals surface area contributed by atoms with Gasteiger partial charge in [-0.25, -0.2) is 20.2 Å². The molecule has 0 aliphatic rings. The zero-order valence-electron chi connectivity index (χ0n) is 12.8. The topological polar surface area (TPSA) is 56.3 Å². The second-order valence-electron chi connectivity index (χ2n) is 5.09. The highest BCUT2D eigenvalue weighted by Crippen LogP contribution is 2.28. The molecule has 0 aliphatic heterocycles. The predicted molar refractivity (Wildman–Crippen MR) is 97.2 cm³/mol. The number of fused-ring (bicyclic) bond motifs is 2. The molecule has 2 heterocycles. The van der Waals surface area contributed by atoms with Crippen LogP contribution >= 0.6 is 22.7 Å². The molecule has 0 bridgehead atoms. The van der Waals surface area contributed by atoms with Crippen LogP contribution < -0.4 is 10.4 Å². The summed E-state index contributed by atoms with van der Waals surface area (Å²) in [5, 5.41) is 21.5. The lowest BCUT2D eigenvalue weighted by molar-refractivity contribution is 1.53. The van der Waals surface area contributed by atoms with Gasteiger partial charge in [0.1, 0.15) is 0 Å². The van der Waals surface area contributed by atoms with E-state index in [4.69, 9.17) is 13.1 Å². The molecule has 0 fully saturated rings. The van der Waals surface area contributed by atoms with Gasteiger partial charge in [0.15, 0.2) is 0 Å².